The van der Waals surface area contributed by atoms with Gasteiger partial charge in [-0.05, 0) is 52.1 Å². The highest BCUT2D eigenvalue weighted by Crippen LogP contribution is 2.41. The van der Waals surface area contributed by atoms with E-state index in [9.17, 15) is 4.79 Å². The summed E-state index contributed by atoms with van der Waals surface area (Å²) in [5.41, 5.74) is -0.520. The van der Waals surface area contributed by atoms with E-state index in [-0.39, 0.29) is 12.0 Å². The number of esters is 1. The van der Waals surface area contributed by atoms with Crippen molar-refractivity contribution in [1.29, 1.82) is 0 Å². The van der Waals surface area contributed by atoms with Crippen LogP contribution in [0.5, 0.6) is 0 Å². The van der Waals surface area contributed by atoms with Gasteiger partial charge in [-0.3, -0.25) is 5.32 Å². The van der Waals surface area contributed by atoms with Gasteiger partial charge in [0.05, 0.1) is 7.11 Å². The first-order valence-electron chi connectivity index (χ1n) is 7.58. The van der Waals surface area contributed by atoms with Gasteiger partial charge in [-0.2, -0.15) is 0 Å². The third-order valence-corrected chi connectivity index (χ3v) is 3.83. The molecule has 1 unspecified atom stereocenters. The minimum absolute atomic E-state index is 0.0988. The monoisotopic (exact) mass is 270 g/mol. The van der Waals surface area contributed by atoms with Crippen LogP contribution >= 0.6 is 0 Å². The van der Waals surface area contributed by atoms with E-state index < -0.39 is 5.54 Å². The number of hydrogen-bond donors (Lipinski definition) is 1. The standard InChI is InChI=1S/C15H30N2O2/c1-6-10-17(7-2)11-15(13-8-9-13,14(18)19-5)16-12(3)4/h12-13,16H,6-11H2,1-5H3. The molecule has 1 aliphatic rings. The maximum Gasteiger partial charge on any atom is 0.327 e. The molecule has 4 nitrogen and oxygen atoms in total. The molecule has 0 saturated heterocycles. The summed E-state index contributed by atoms with van der Waals surface area (Å²) in [6, 6.07) is 0.278. The lowest BCUT2D eigenvalue weighted by Crippen LogP contribution is -2.63. The summed E-state index contributed by atoms with van der Waals surface area (Å²) in [5, 5.41) is 3.51. The largest absolute Gasteiger partial charge is 0.468 e. The highest BCUT2D eigenvalue weighted by Gasteiger charge is 2.52. The van der Waals surface area contributed by atoms with Crippen LogP contribution in [0.25, 0.3) is 0 Å². The van der Waals surface area contributed by atoms with Crippen molar-refractivity contribution in [3.8, 4) is 0 Å². The molecule has 1 rings (SSSR count). The molecule has 0 heterocycles. The number of rotatable bonds is 9. The van der Waals surface area contributed by atoms with Gasteiger partial charge in [-0.25, -0.2) is 4.79 Å². The van der Waals surface area contributed by atoms with Gasteiger partial charge in [0.15, 0.2) is 0 Å². The number of methoxy groups -OCH3 is 1. The summed E-state index contributed by atoms with van der Waals surface area (Å²) in [7, 11) is 1.50. The molecule has 112 valence electrons. The fourth-order valence-corrected chi connectivity index (χ4v) is 2.87. The Bertz CT molecular complexity index is 290. The summed E-state index contributed by atoms with van der Waals surface area (Å²) < 4.78 is 5.11. The lowest BCUT2D eigenvalue weighted by Gasteiger charge is -2.38. The molecule has 1 atom stereocenters. The normalized spacial score (nSPS) is 18.7. The summed E-state index contributed by atoms with van der Waals surface area (Å²) in [5.74, 6) is 0.325. The molecule has 19 heavy (non-hydrogen) atoms. The second kappa shape index (κ2) is 7.25. The van der Waals surface area contributed by atoms with Crippen molar-refractivity contribution in [2.45, 2.75) is 58.5 Å². The van der Waals surface area contributed by atoms with Gasteiger partial charge in [0.25, 0.3) is 0 Å². The quantitative estimate of drug-likeness (QED) is 0.651. The molecule has 0 spiro atoms. The lowest BCUT2D eigenvalue weighted by atomic mass is 9.91. The average Bonchev–Trinajstić information content (AvgIpc) is 3.20. The molecule has 0 amide bonds. The molecule has 0 radical (unpaired) electrons. The molecule has 0 aromatic carbocycles. The fourth-order valence-electron chi connectivity index (χ4n) is 2.87. The second-order valence-corrected chi connectivity index (χ2v) is 5.91. The Morgan fingerprint density at radius 2 is 2.05 bits per heavy atom. The molecule has 1 N–H and O–H groups in total. The Balaban J connectivity index is 2.90. The van der Waals surface area contributed by atoms with Crippen molar-refractivity contribution in [2.24, 2.45) is 5.92 Å². The minimum Gasteiger partial charge on any atom is -0.468 e. The summed E-state index contributed by atoms with van der Waals surface area (Å²) in [6.45, 7) is 11.3. The number of likely N-dealkylation sites (N-methyl/N-ethyl adjacent to an activating group) is 1. The van der Waals surface area contributed by atoms with Gasteiger partial charge in [-0.15, -0.1) is 0 Å². The van der Waals surface area contributed by atoms with E-state index in [0.29, 0.717) is 5.92 Å². The molecule has 1 aliphatic carbocycles. The third-order valence-electron chi connectivity index (χ3n) is 3.83. The average molecular weight is 270 g/mol. The van der Waals surface area contributed by atoms with Gasteiger partial charge in [0.2, 0.25) is 0 Å². The predicted molar refractivity (Wildman–Crippen MR) is 78.1 cm³/mol. The van der Waals surface area contributed by atoms with Crippen LogP contribution in [0.4, 0.5) is 0 Å². The van der Waals surface area contributed by atoms with Gasteiger partial charge >= 0.3 is 5.97 Å². The Morgan fingerprint density at radius 1 is 1.42 bits per heavy atom. The van der Waals surface area contributed by atoms with E-state index in [1.54, 1.807) is 0 Å². The topological polar surface area (TPSA) is 41.6 Å². The van der Waals surface area contributed by atoms with Crippen LogP contribution in [0.1, 0.15) is 47.0 Å². The SMILES string of the molecule is CCCN(CC)CC(NC(C)C)(C(=O)OC)C1CC1. The van der Waals surface area contributed by atoms with E-state index in [2.05, 4.69) is 37.9 Å². The van der Waals surface area contributed by atoms with Crippen LogP contribution in [0, 0.1) is 5.92 Å². The van der Waals surface area contributed by atoms with Crippen molar-refractivity contribution in [3.05, 3.63) is 0 Å². The molecule has 1 fully saturated rings. The first-order chi connectivity index (χ1) is 9.00. The Kier molecular flexibility index (Phi) is 6.27. The smallest absolute Gasteiger partial charge is 0.327 e. The number of carbonyl (C=O) groups excluding carboxylic acids is 1. The third kappa shape index (κ3) is 4.18. The highest BCUT2D eigenvalue weighted by molar-refractivity contribution is 5.82. The van der Waals surface area contributed by atoms with Crippen molar-refractivity contribution < 1.29 is 9.53 Å². The molecular formula is C15H30N2O2. The molecule has 4 heteroatoms. The fraction of sp³-hybridized carbons (Fsp3) is 0.933. The van der Waals surface area contributed by atoms with Crippen LogP contribution in [-0.2, 0) is 9.53 Å². The first kappa shape index (κ1) is 16.4. The van der Waals surface area contributed by atoms with Crippen LogP contribution in [0.3, 0.4) is 0 Å². The maximum atomic E-state index is 12.4. The minimum atomic E-state index is -0.520. The van der Waals surface area contributed by atoms with Crippen LogP contribution in [0.15, 0.2) is 0 Å². The molecule has 0 aromatic heterocycles. The van der Waals surface area contributed by atoms with E-state index in [0.717, 1.165) is 38.9 Å². The number of nitrogens with zero attached hydrogens (tertiary/aromatic N) is 1. The van der Waals surface area contributed by atoms with Crippen LogP contribution < -0.4 is 5.32 Å². The van der Waals surface area contributed by atoms with Crippen molar-refractivity contribution in [1.82, 2.24) is 10.2 Å². The van der Waals surface area contributed by atoms with Crippen molar-refractivity contribution in [3.63, 3.8) is 0 Å². The van der Waals surface area contributed by atoms with Crippen LogP contribution in [-0.4, -0.2) is 49.2 Å². The number of ether oxygens (including phenoxy) is 1. The van der Waals surface area contributed by atoms with Gasteiger partial charge in [0.1, 0.15) is 5.54 Å². The number of carbonyl (C=O) groups is 1. The Morgan fingerprint density at radius 3 is 2.42 bits per heavy atom. The van der Waals surface area contributed by atoms with E-state index in [1.165, 1.54) is 7.11 Å². The number of nitrogens with one attached hydrogen (secondary N) is 1. The molecule has 0 bridgehead atoms. The van der Waals surface area contributed by atoms with Gasteiger partial charge in [-0.1, -0.05) is 13.8 Å². The van der Waals surface area contributed by atoms with Crippen LogP contribution in [0.2, 0.25) is 0 Å². The second-order valence-electron chi connectivity index (χ2n) is 5.91. The summed E-state index contributed by atoms with van der Waals surface area (Å²) >= 11 is 0. The van der Waals surface area contributed by atoms with E-state index >= 15 is 0 Å². The molecule has 0 aromatic rings. The zero-order valence-electron chi connectivity index (χ0n) is 13.2. The van der Waals surface area contributed by atoms with Gasteiger partial charge in [0, 0.05) is 12.6 Å². The number of hydrogen-bond acceptors (Lipinski definition) is 4. The van der Waals surface area contributed by atoms with Crippen molar-refractivity contribution >= 4 is 5.97 Å². The zero-order valence-corrected chi connectivity index (χ0v) is 13.2. The molecule has 1 saturated carbocycles. The molecular weight excluding hydrogens is 240 g/mol. The molecule has 0 aliphatic heterocycles. The predicted octanol–water partition coefficient (Wildman–Crippen LogP) is 2.04. The van der Waals surface area contributed by atoms with E-state index in [4.69, 9.17) is 4.74 Å². The Labute approximate surface area is 117 Å². The summed E-state index contributed by atoms with van der Waals surface area (Å²) in [6.07, 6.45) is 3.36. The highest BCUT2D eigenvalue weighted by atomic mass is 16.5. The van der Waals surface area contributed by atoms with E-state index in [1.807, 2.05) is 0 Å². The van der Waals surface area contributed by atoms with Crippen molar-refractivity contribution in [2.75, 3.05) is 26.7 Å². The maximum absolute atomic E-state index is 12.4. The zero-order chi connectivity index (χ0) is 14.5. The lowest BCUT2D eigenvalue weighted by molar-refractivity contribution is -0.151. The van der Waals surface area contributed by atoms with Gasteiger partial charge < -0.3 is 9.64 Å². The Hall–Kier alpha value is -0.610. The first-order valence-corrected chi connectivity index (χ1v) is 7.58. The summed E-state index contributed by atoms with van der Waals surface area (Å²) in [4.78, 5) is 14.7.